The third kappa shape index (κ3) is 3.69. The maximum absolute atomic E-state index is 12.1. The summed E-state index contributed by atoms with van der Waals surface area (Å²) in [4.78, 5) is 27.3. The Morgan fingerprint density at radius 2 is 2.21 bits per heavy atom. The van der Waals surface area contributed by atoms with Crippen molar-refractivity contribution in [2.24, 2.45) is 7.05 Å². The molecule has 124 valence electrons. The molecule has 3 heterocycles. The van der Waals surface area contributed by atoms with Crippen molar-refractivity contribution < 1.29 is 14.0 Å². The second-order valence-electron chi connectivity index (χ2n) is 5.07. The summed E-state index contributed by atoms with van der Waals surface area (Å²) < 4.78 is 7.19. The first-order valence-corrected chi connectivity index (χ1v) is 7.98. The highest BCUT2D eigenvalue weighted by Gasteiger charge is 2.13. The molecule has 0 aliphatic rings. The molecule has 0 aliphatic carbocycles. The number of aryl methyl sites for hydroxylation is 1. The van der Waals surface area contributed by atoms with Crippen LogP contribution in [0.2, 0.25) is 0 Å². The van der Waals surface area contributed by atoms with Crippen LogP contribution < -0.4 is 10.6 Å². The highest BCUT2D eigenvalue weighted by Crippen LogP contribution is 2.26. The average Bonchev–Trinajstić information content (AvgIpc) is 3.24. The summed E-state index contributed by atoms with van der Waals surface area (Å²) in [5, 5.41) is 11.6. The first kappa shape index (κ1) is 15.9. The molecule has 0 aliphatic heterocycles. The highest BCUT2D eigenvalue weighted by atomic mass is 32.1. The van der Waals surface area contributed by atoms with Crippen molar-refractivity contribution in [1.82, 2.24) is 20.1 Å². The quantitative estimate of drug-likeness (QED) is 0.736. The lowest BCUT2D eigenvalue weighted by molar-refractivity contribution is -0.119. The fourth-order valence-electron chi connectivity index (χ4n) is 1.97. The maximum atomic E-state index is 12.1. The lowest BCUT2D eigenvalue weighted by Gasteiger charge is -1.98. The van der Waals surface area contributed by atoms with Crippen molar-refractivity contribution in [3.05, 3.63) is 41.2 Å². The molecule has 0 fully saturated rings. The van der Waals surface area contributed by atoms with E-state index in [9.17, 15) is 9.59 Å². The summed E-state index contributed by atoms with van der Waals surface area (Å²) in [6.07, 6.45) is 3.12. The second-order valence-corrected chi connectivity index (χ2v) is 5.93. The molecule has 3 rings (SSSR count). The largest absolute Gasteiger partial charge is 0.458 e. The van der Waals surface area contributed by atoms with Gasteiger partial charge in [-0.05, 0) is 12.1 Å². The van der Waals surface area contributed by atoms with E-state index in [0.29, 0.717) is 34.5 Å². The van der Waals surface area contributed by atoms with Crippen LogP contribution in [-0.4, -0.2) is 26.6 Å². The van der Waals surface area contributed by atoms with Crippen molar-refractivity contribution in [1.29, 1.82) is 0 Å². The van der Waals surface area contributed by atoms with Gasteiger partial charge in [-0.15, -0.1) is 11.3 Å². The number of rotatable bonds is 5. The second kappa shape index (κ2) is 6.67. The van der Waals surface area contributed by atoms with Crippen LogP contribution >= 0.6 is 11.3 Å². The molecule has 0 spiro atoms. The number of carbonyl (C=O) groups is 2. The van der Waals surface area contributed by atoms with Gasteiger partial charge in [0.05, 0.1) is 18.3 Å². The Morgan fingerprint density at radius 1 is 1.38 bits per heavy atom. The third-order valence-corrected chi connectivity index (χ3v) is 3.88. The van der Waals surface area contributed by atoms with Crippen molar-refractivity contribution in [3.63, 3.8) is 0 Å². The molecule has 9 heteroatoms. The molecule has 0 saturated carbocycles. The highest BCUT2D eigenvalue weighted by molar-refractivity contribution is 7.14. The zero-order valence-electron chi connectivity index (χ0n) is 13.1. The van der Waals surface area contributed by atoms with E-state index in [-0.39, 0.29) is 11.8 Å². The Balaban J connectivity index is 1.67. The molecule has 0 atom stereocenters. The first-order valence-electron chi connectivity index (χ1n) is 7.10. The SMILES string of the molecule is CC(=O)NCc1ccc(-c2csc(NC(=O)c3cnn(C)c3)n2)o1. The first-order chi connectivity index (χ1) is 11.5. The summed E-state index contributed by atoms with van der Waals surface area (Å²) in [6, 6.07) is 3.55. The van der Waals surface area contributed by atoms with Gasteiger partial charge in [0.2, 0.25) is 5.91 Å². The van der Waals surface area contributed by atoms with Crippen LogP contribution in [0.25, 0.3) is 11.5 Å². The van der Waals surface area contributed by atoms with Crippen LogP contribution in [0, 0.1) is 0 Å². The smallest absolute Gasteiger partial charge is 0.260 e. The minimum atomic E-state index is -0.269. The van der Waals surface area contributed by atoms with Gasteiger partial charge in [-0.2, -0.15) is 5.10 Å². The van der Waals surface area contributed by atoms with Gasteiger partial charge in [0.25, 0.3) is 5.91 Å². The Labute approximate surface area is 141 Å². The van der Waals surface area contributed by atoms with E-state index in [2.05, 4.69) is 20.7 Å². The molecule has 3 aromatic rings. The topological polar surface area (TPSA) is 102 Å². The van der Waals surface area contributed by atoms with Crippen molar-refractivity contribution in [2.75, 3.05) is 5.32 Å². The normalized spacial score (nSPS) is 10.6. The fourth-order valence-corrected chi connectivity index (χ4v) is 2.67. The number of anilines is 1. The molecular formula is C15H15N5O3S. The van der Waals surface area contributed by atoms with E-state index in [4.69, 9.17) is 4.42 Å². The van der Waals surface area contributed by atoms with Gasteiger partial charge >= 0.3 is 0 Å². The number of aromatic nitrogens is 3. The molecule has 3 aromatic heterocycles. The summed E-state index contributed by atoms with van der Waals surface area (Å²) in [6.45, 7) is 1.77. The molecule has 0 aromatic carbocycles. The maximum Gasteiger partial charge on any atom is 0.260 e. The van der Waals surface area contributed by atoms with E-state index >= 15 is 0 Å². The number of thiazole rings is 1. The van der Waals surface area contributed by atoms with Crippen LogP contribution in [0.3, 0.4) is 0 Å². The number of nitrogens with zero attached hydrogens (tertiary/aromatic N) is 3. The molecule has 0 radical (unpaired) electrons. The number of hydrogen-bond donors (Lipinski definition) is 2. The van der Waals surface area contributed by atoms with Gasteiger partial charge in [0.1, 0.15) is 11.5 Å². The predicted octanol–water partition coefficient (Wildman–Crippen LogP) is 2.02. The zero-order chi connectivity index (χ0) is 17.1. The third-order valence-electron chi connectivity index (χ3n) is 3.12. The average molecular weight is 345 g/mol. The Hall–Kier alpha value is -2.94. The van der Waals surface area contributed by atoms with Crippen LogP contribution in [0.5, 0.6) is 0 Å². The lowest BCUT2D eigenvalue weighted by Crippen LogP contribution is -2.18. The van der Waals surface area contributed by atoms with Gasteiger partial charge in [0, 0.05) is 25.5 Å². The molecule has 0 bridgehead atoms. The molecule has 2 amide bonds. The van der Waals surface area contributed by atoms with Crippen molar-refractivity contribution in [3.8, 4) is 11.5 Å². The summed E-state index contributed by atoms with van der Waals surface area (Å²) in [5.41, 5.74) is 1.08. The fraction of sp³-hybridized carbons (Fsp3) is 0.200. The van der Waals surface area contributed by atoms with E-state index < -0.39 is 0 Å². The molecule has 0 saturated heterocycles. The number of amides is 2. The Morgan fingerprint density at radius 3 is 2.92 bits per heavy atom. The molecule has 2 N–H and O–H groups in total. The van der Waals surface area contributed by atoms with E-state index in [1.54, 1.807) is 35.4 Å². The minimum absolute atomic E-state index is 0.123. The lowest BCUT2D eigenvalue weighted by atomic mass is 10.3. The number of hydrogen-bond acceptors (Lipinski definition) is 6. The summed E-state index contributed by atoms with van der Waals surface area (Å²) in [5.74, 6) is 0.819. The number of nitrogens with one attached hydrogen (secondary N) is 2. The predicted molar refractivity (Wildman–Crippen MR) is 88.5 cm³/mol. The monoisotopic (exact) mass is 345 g/mol. The number of carbonyl (C=O) groups excluding carboxylic acids is 2. The minimum Gasteiger partial charge on any atom is -0.458 e. The zero-order valence-corrected chi connectivity index (χ0v) is 13.9. The standard InChI is InChI=1S/C15H15N5O3S/c1-9(21)16-6-11-3-4-13(23-11)12-8-24-15(18-12)19-14(22)10-5-17-20(2)7-10/h3-5,7-8H,6H2,1-2H3,(H,16,21)(H,18,19,22). The van der Waals surface area contributed by atoms with E-state index in [1.807, 2.05) is 0 Å². The van der Waals surface area contributed by atoms with Crippen LogP contribution in [0.4, 0.5) is 5.13 Å². The molecule has 0 unspecified atom stereocenters. The summed E-state index contributed by atoms with van der Waals surface area (Å²) >= 11 is 1.30. The summed E-state index contributed by atoms with van der Waals surface area (Å²) in [7, 11) is 1.74. The van der Waals surface area contributed by atoms with Gasteiger partial charge < -0.3 is 9.73 Å². The van der Waals surface area contributed by atoms with E-state index in [0.717, 1.165) is 0 Å². The number of furan rings is 1. The van der Waals surface area contributed by atoms with Crippen molar-refractivity contribution in [2.45, 2.75) is 13.5 Å². The molecular weight excluding hydrogens is 330 g/mol. The Kier molecular flexibility index (Phi) is 4.43. The molecule has 8 nitrogen and oxygen atoms in total. The Bertz CT molecular complexity index is 879. The molecule has 24 heavy (non-hydrogen) atoms. The van der Waals surface area contributed by atoms with Gasteiger partial charge in [-0.3, -0.25) is 19.6 Å². The van der Waals surface area contributed by atoms with Gasteiger partial charge in [-0.1, -0.05) is 0 Å². The van der Waals surface area contributed by atoms with Crippen LogP contribution in [0.1, 0.15) is 23.0 Å². The van der Waals surface area contributed by atoms with Crippen LogP contribution in [-0.2, 0) is 18.4 Å². The van der Waals surface area contributed by atoms with Crippen LogP contribution in [0.15, 0.2) is 34.3 Å². The van der Waals surface area contributed by atoms with E-state index in [1.165, 1.54) is 24.5 Å². The van der Waals surface area contributed by atoms with Gasteiger partial charge in [-0.25, -0.2) is 4.98 Å². The van der Waals surface area contributed by atoms with Crippen molar-refractivity contribution >= 4 is 28.3 Å². The van der Waals surface area contributed by atoms with Gasteiger partial charge in [0.15, 0.2) is 10.9 Å².